The number of hydrogen-bond donors (Lipinski definition) is 1. The van der Waals surface area contributed by atoms with Crippen molar-refractivity contribution in [2.24, 2.45) is 0 Å². The fourth-order valence-electron chi connectivity index (χ4n) is 3.12. The van der Waals surface area contributed by atoms with Crippen molar-refractivity contribution >= 4 is 17.3 Å². The molecular weight excluding hydrogens is 374 g/mol. The Hall–Kier alpha value is -2.61. The van der Waals surface area contributed by atoms with E-state index in [0.29, 0.717) is 43.1 Å². The molecule has 0 unspecified atom stereocenters. The summed E-state index contributed by atoms with van der Waals surface area (Å²) < 4.78 is 52.2. The third-order valence-corrected chi connectivity index (χ3v) is 4.73. The van der Waals surface area contributed by atoms with Crippen molar-refractivity contribution in [3.8, 4) is 0 Å². The van der Waals surface area contributed by atoms with Crippen LogP contribution in [0.25, 0.3) is 0 Å². The van der Waals surface area contributed by atoms with E-state index in [4.69, 9.17) is 0 Å². The third kappa shape index (κ3) is 5.01. The van der Waals surface area contributed by atoms with Gasteiger partial charge in [0.2, 0.25) is 5.91 Å². The first kappa shape index (κ1) is 20.1. The summed E-state index contributed by atoms with van der Waals surface area (Å²) in [7, 11) is 0. The minimum Gasteiger partial charge on any atom is -0.369 e. The molecule has 0 aliphatic carbocycles. The number of alkyl halides is 3. The molecule has 1 aliphatic heterocycles. The van der Waals surface area contributed by atoms with Crippen molar-refractivity contribution in [1.82, 2.24) is 4.90 Å². The Balaban J connectivity index is 1.52. The number of aryl methyl sites for hydroxylation is 1. The van der Waals surface area contributed by atoms with Gasteiger partial charge in [-0.2, -0.15) is 13.2 Å². The molecule has 3 rings (SSSR count). The van der Waals surface area contributed by atoms with E-state index >= 15 is 0 Å². The van der Waals surface area contributed by atoms with E-state index in [0.717, 1.165) is 12.1 Å². The molecule has 2 aromatic rings. The number of amides is 1. The Morgan fingerprint density at radius 3 is 2.43 bits per heavy atom. The summed E-state index contributed by atoms with van der Waals surface area (Å²) in [4.78, 5) is 16.0. The highest BCUT2D eigenvalue weighted by atomic mass is 19.4. The van der Waals surface area contributed by atoms with Gasteiger partial charge in [-0.25, -0.2) is 4.39 Å². The van der Waals surface area contributed by atoms with Crippen molar-refractivity contribution in [3.05, 3.63) is 59.4 Å². The van der Waals surface area contributed by atoms with Gasteiger partial charge in [0.1, 0.15) is 5.82 Å². The number of carbonyl (C=O) groups is 1. The highest BCUT2D eigenvalue weighted by Gasteiger charge is 2.31. The summed E-state index contributed by atoms with van der Waals surface area (Å²) in [6.45, 7) is 3.93. The molecule has 1 heterocycles. The predicted octanol–water partition coefficient (Wildman–Crippen LogP) is 3.91. The quantitative estimate of drug-likeness (QED) is 0.798. The van der Waals surface area contributed by atoms with E-state index in [-0.39, 0.29) is 18.3 Å². The lowest BCUT2D eigenvalue weighted by molar-refractivity contribution is -0.137. The van der Waals surface area contributed by atoms with E-state index in [1.54, 1.807) is 25.1 Å². The summed E-state index contributed by atoms with van der Waals surface area (Å²) >= 11 is 0. The number of rotatable bonds is 4. The zero-order chi connectivity index (χ0) is 20.3. The van der Waals surface area contributed by atoms with E-state index in [2.05, 4.69) is 5.32 Å². The molecule has 1 aliphatic rings. The lowest BCUT2D eigenvalue weighted by Gasteiger charge is -2.36. The molecule has 1 saturated heterocycles. The second kappa shape index (κ2) is 8.18. The Morgan fingerprint density at radius 2 is 1.79 bits per heavy atom. The predicted molar refractivity (Wildman–Crippen MR) is 99.9 cm³/mol. The number of nitrogens with zero attached hydrogens (tertiary/aromatic N) is 2. The van der Waals surface area contributed by atoms with Crippen LogP contribution in [0.2, 0.25) is 0 Å². The molecular formula is C20H21F4N3O. The maximum atomic E-state index is 13.6. The first-order valence-corrected chi connectivity index (χ1v) is 8.93. The Labute approximate surface area is 160 Å². The molecule has 4 nitrogen and oxygen atoms in total. The summed E-state index contributed by atoms with van der Waals surface area (Å²) in [5, 5.41) is 2.67. The Bertz CT molecular complexity index is 846. The molecule has 28 heavy (non-hydrogen) atoms. The molecule has 150 valence electrons. The molecule has 0 atom stereocenters. The molecule has 1 N–H and O–H groups in total. The lowest BCUT2D eigenvalue weighted by atomic mass is 10.1. The lowest BCUT2D eigenvalue weighted by Crippen LogP contribution is -2.48. The molecule has 0 saturated carbocycles. The maximum absolute atomic E-state index is 13.6. The minimum absolute atomic E-state index is 0.145. The van der Waals surface area contributed by atoms with Crippen LogP contribution in [0.3, 0.4) is 0 Å². The SMILES string of the molecule is Cc1ccc(NC(=O)CN2CCN(c3cccc(C(F)(F)F)c3)CC2)cc1F. The van der Waals surface area contributed by atoms with E-state index in [1.165, 1.54) is 12.1 Å². The largest absolute Gasteiger partial charge is 0.416 e. The van der Waals surface area contributed by atoms with Crippen LogP contribution in [-0.4, -0.2) is 43.5 Å². The number of carbonyl (C=O) groups excluding carboxylic acids is 1. The summed E-state index contributed by atoms with van der Waals surface area (Å²) in [6.07, 6.45) is -4.37. The van der Waals surface area contributed by atoms with Gasteiger partial charge in [-0.3, -0.25) is 9.69 Å². The van der Waals surface area contributed by atoms with Crippen molar-refractivity contribution in [3.63, 3.8) is 0 Å². The van der Waals surface area contributed by atoms with Gasteiger partial charge in [0.15, 0.2) is 0 Å². The molecule has 0 spiro atoms. The third-order valence-electron chi connectivity index (χ3n) is 4.73. The van der Waals surface area contributed by atoms with Gasteiger partial charge in [0, 0.05) is 37.6 Å². The molecule has 1 amide bonds. The first-order valence-electron chi connectivity index (χ1n) is 8.93. The molecule has 0 aromatic heterocycles. The number of nitrogens with one attached hydrogen (secondary N) is 1. The van der Waals surface area contributed by atoms with Crippen molar-refractivity contribution < 1.29 is 22.4 Å². The fraction of sp³-hybridized carbons (Fsp3) is 0.350. The van der Waals surface area contributed by atoms with E-state index in [9.17, 15) is 22.4 Å². The zero-order valence-corrected chi connectivity index (χ0v) is 15.4. The molecule has 2 aromatic carbocycles. The monoisotopic (exact) mass is 395 g/mol. The minimum atomic E-state index is -4.37. The van der Waals surface area contributed by atoms with Crippen LogP contribution in [0.4, 0.5) is 28.9 Å². The van der Waals surface area contributed by atoms with Gasteiger partial charge in [-0.1, -0.05) is 12.1 Å². The van der Waals surface area contributed by atoms with E-state index in [1.807, 2.05) is 9.80 Å². The highest BCUT2D eigenvalue weighted by Crippen LogP contribution is 2.31. The van der Waals surface area contributed by atoms with Gasteiger partial charge in [0.05, 0.1) is 12.1 Å². The van der Waals surface area contributed by atoms with Gasteiger partial charge in [0.25, 0.3) is 0 Å². The van der Waals surface area contributed by atoms with E-state index < -0.39 is 11.7 Å². The van der Waals surface area contributed by atoms with Crippen LogP contribution < -0.4 is 10.2 Å². The maximum Gasteiger partial charge on any atom is 0.416 e. The van der Waals surface area contributed by atoms with Crippen LogP contribution in [0.5, 0.6) is 0 Å². The van der Waals surface area contributed by atoms with Crippen molar-refractivity contribution in [2.45, 2.75) is 13.1 Å². The molecule has 0 bridgehead atoms. The van der Waals surface area contributed by atoms with Gasteiger partial charge in [-0.15, -0.1) is 0 Å². The second-order valence-electron chi connectivity index (χ2n) is 6.82. The topological polar surface area (TPSA) is 35.6 Å². The highest BCUT2D eigenvalue weighted by molar-refractivity contribution is 5.92. The summed E-state index contributed by atoms with van der Waals surface area (Å²) in [5.41, 5.74) is 0.755. The Morgan fingerprint density at radius 1 is 1.07 bits per heavy atom. The number of hydrogen-bond acceptors (Lipinski definition) is 3. The fourth-order valence-corrected chi connectivity index (χ4v) is 3.12. The molecule has 1 fully saturated rings. The number of anilines is 2. The van der Waals surface area contributed by atoms with Crippen LogP contribution in [0.15, 0.2) is 42.5 Å². The normalized spacial score (nSPS) is 15.5. The average Bonchev–Trinajstić information content (AvgIpc) is 2.65. The number of benzene rings is 2. The standard InChI is InChI=1S/C20H21F4N3O/c1-14-5-6-16(12-18(14)21)25-19(28)13-26-7-9-27(10-8-26)17-4-2-3-15(11-17)20(22,23)24/h2-6,11-12H,7-10,13H2,1H3,(H,25,28). The van der Waals surface area contributed by atoms with Crippen molar-refractivity contribution in [2.75, 3.05) is 42.9 Å². The summed E-state index contributed by atoms with van der Waals surface area (Å²) in [5.74, 6) is -0.636. The van der Waals surface area contributed by atoms with Crippen LogP contribution in [0.1, 0.15) is 11.1 Å². The van der Waals surface area contributed by atoms with Crippen LogP contribution in [-0.2, 0) is 11.0 Å². The van der Waals surface area contributed by atoms with Crippen LogP contribution in [0, 0.1) is 12.7 Å². The zero-order valence-electron chi connectivity index (χ0n) is 15.4. The number of halogens is 4. The van der Waals surface area contributed by atoms with Gasteiger partial charge < -0.3 is 10.2 Å². The smallest absolute Gasteiger partial charge is 0.369 e. The Kier molecular flexibility index (Phi) is 5.88. The van der Waals surface area contributed by atoms with Crippen LogP contribution >= 0.6 is 0 Å². The molecule has 0 radical (unpaired) electrons. The van der Waals surface area contributed by atoms with Gasteiger partial charge in [-0.05, 0) is 42.8 Å². The average molecular weight is 395 g/mol. The van der Waals surface area contributed by atoms with Crippen molar-refractivity contribution in [1.29, 1.82) is 0 Å². The summed E-state index contributed by atoms with van der Waals surface area (Å²) in [6, 6.07) is 9.77. The first-order chi connectivity index (χ1) is 13.2. The van der Waals surface area contributed by atoms with Gasteiger partial charge >= 0.3 is 6.18 Å². The number of piperazine rings is 1. The second-order valence-corrected chi connectivity index (χ2v) is 6.82. The molecule has 8 heteroatoms.